The topological polar surface area (TPSA) is 62.3 Å². The standard InChI is InChI=1S/C18H19N3O2S/c1-11-7-12(2)17(13(3)8-11)20-15(22)9-21-14-5-4-6-19-18(14)24-10-16(21)23/h4-8H,9-10H2,1-3H3,(H,20,22). The van der Waals surface area contributed by atoms with Crippen LogP contribution in [0, 0.1) is 20.8 Å². The molecule has 3 rings (SSSR count). The van der Waals surface area contributed by atoms with Crippen LogP contribution in [0.3, 0.4) is 0 Å². The lowest BCUT2D eigenvalue weighted by Crippen LogP contribution is -2.41. The number of thioether (sulfide) groups is 1. The van der Waals surface area contributed by atoms with E-state index in [2.05, 4.69) is 10.3 Å². The molecule has 2 aromatic rings. The van der Waals surface area contributed by atoms with Gasteiger partial charge in [0, 0.05) is 11.9 Å². The van der Waals surface area contributed by atoms with Crippen LogP contribution in [0.2, 0.25) is 0 Å². The van der Waals surface area contributed by atoms with E-state index in [1.165, 1.54) is 16.7 Å². The second-order valence-corrected chi connectivity index (χ2v) is 6.88. The number of pyridine rings is 1. The van der Waals surface area contributed by atoms with E-state index in [4.69, 9.17) is 0 Å². The van der Waals surface area contributed by atoms with Crippen LogP contribution in [0.5, 0.6) is 0 Å². The Labute approximate surface area is 145 Å². The van der Waals surface area contributed by atoms with Gasteiger partial charge in [-0.25, -0.2) is 4.98 Å². The number of hydrogen-bond donors (Lipinski definition) is 1. The van der Waals surface area contributed by atoms with Crippen molar-refractivity contribution < 1.29 is 9.59 Å². The molecule has 1 aliphatic rings. The van der Waals surface area contributed by atoms with E-state index >= 15 is 0 Å². The van der Waals surface area contributed by atoms with Crippen molar-refractivity contribution in [2.45, 2.75) is 25.8 Å². The highest BCUT2D eigenvalue weighted by Gasteiger charge is 2.27. The largest absolute Gasteiger partial charge is 0.324 e. The molecule has 2 amide bonds. The van der Waals surface area contributed by atoms with Crippen molar-refractivity contribution in [3.05, 3.63) is 47.2 Å². The van der Waals surface area contributed by atoms with Crippen LogP contribution in [-0.2, 0) is 9.59 Å². The maximum atomic E-state index is 12.5. The Morgan fingerprint density at radius 1 is 1.29 bits per heavy atom. The van der Waals surface area contributed by atoms with Crippen molar-refractivity contribution in [1.29, 1.82) is 0 Å². The minimum atomic E-state index is -0.208. The van der Waals surface area contributed by atoms with Crippen molar-refractivity contribution in [3.8, 4) is 0 Å². The van der Waals surface area contributed by atoms with Crippen LogP contribution in [0.4, 0.5) is 11.4 Å². The summed E-state index contributed by atoms with van der Waals surface area (Å²) >= 11 is 1.40. The lowest BCUT2D eigenvalue weighted by atomic mass is 10.1. The second-order valence-electron chi connectivity index (χ2n) is 5.92. The number of carbonyl (C=O) groups excluding carboxylic acids is 2. The molecule has 1 aliphatic heterocycles. The summed E-state index contributed by atoms with van der Waals surface area (Å²) < 4.78 is 0. The number of aryl methyl sites for hydroxylation is 3. The maximum Gasteiger partial charge on any atom is 0.244 e. The molecule has 0 saturated carbocycles. The third kappa shape index (κ3) is 3.28. The molecule has 6 heteroatoms. The molecule has 0 saturated heterocycles. The zero-order valence-electron chi connectivity index (χ0n) is 13.9. The summed E-state index contributed by atoms with van der Waals surface area (Å²) in [6.07, 6.45) is 1.69. The number of fused-ring (bicyclic) bond motifs is 1. The third-order valence-electron chi connectivity index (χ3n) is 3.92. The van der Waals surface area contributed by atoms with Crippen LogP contribution in [0.1, 0.15) is 16.7 Å². The number of amides is 2. The summed E-state index contributed by atoms with van der Waals surface area (Å²) in [5, 5.41) is 3.73. The van der Waals surface area contributed by atoms with Gasteiger partial charge < -0.3 is 5.32 Å². The summed E-state index contributed by atoms with van der Waals surface area (Å²) in [4.78, 5) is 30.5. The van der Waals surface area contributed by atoms with Gasteiger partial charge >= 0.3 is 0 Å². The number of aromatic nitrogens is 1. The molecule has 0 aliphatic carbocycles. The predicted molar refractivity (Wildman–Crippen MR) is 96.6 cm³/mol. The Morgan fingerprint density at radius 3 is 2.71 bits per heavy atom. The fourth-order valence-corrected chi connectivity index (χ4v) is 3.79. The van der Waals surface area contributed by atoms with Crippen LogP contribution in [0.15, 0.2) is 35.5 Å². The van der Waals surface area contributed by atoms with Gasteiger partial charge in [-0.1, -0.05) is 29.5 Å². The Kier molecular flexibility index (Phi) is 4.57. The van der Waals surface area contributed by atoms with Gasteiger partial charge in [-0.3, -0.25) is 14.5 Å². The Hall–Kier alpha value is -2.34. The van der Waals surface area contributed by atoms with Gasteiger partial charge in [0.1, 0.15) is 11.6 Å². The third-order valence-corrected chi connectivity index (χ3v) is 4.90. The van der Waals surface area contributed by atoms with E-state index in [9.17, 15) is 9.59 Å². The average Bonchev–Trinajstić information content (AvgIpc) is 2.53. The summed E-state index contributed by atoms with van der Waals surface area (Å²) in [6, 6.07) is 7.66. The highest BCUT2D eigenvalue weighted by atomic mass is 32.2. The summed E-state index contributed by atoms with van der Waals surface area (Å²) in [5.74, 6) is 0.0213. The molecule has 5 nitrogen and oxygen atoms in total. The molecular formula is C18H19N3O2S. The van der Waals surface area contributed by atoms with Gasteiger partial charge in [-0.15, -0.1) is 0 Å². The number of rotatable bonds is 3. The van der Waals surface area contributed by atoms with Crippen LogP contribution < -0.4 is 10.2 Å². The van der Waals surface area contributed by atoms with E-state index in [1.54, 1.807) is 12.3 Å². The molecule has 0 fully saturated rings. The highest BCUT2D eigenvalue weighted by molar-refractivity contribution is 8.00. The number of carbonyl (C=O) groups is 2. The van der Waals surface area contributed by atoms with Gasteiger partial charge in [-0.05, 0) is 44.0 Å². The van der Waals surface area contributed by atoms with Crippen molar-refractivity contribution in [2.75, 3.05) is 22.5 Å². The fourth-order valence-electron chi connectivity index (χ4n) is 2.91. The monoisotopic (exact) mass is 341 g/mol. The first kappa shape index (κ1) is 16.5. The molecule has 1 N–H and O–H groups in total. The number of nitrogens with zero attached hydrogens (tertiary/aromatic N) is 2. The molecule has 0 spiro atoms. The zero-order valence-corrected chi connectivity index (χ0v) is 14.7. The number of nitrogens with one attached hydrogen (secondary N) is 1. The Balaban J connectivity index is 1.80. The molecule has 1 aromatic heterocycles. The van der Waals surface area contributed by atoms with Gasteiger partial charge in [-0.2, -0.15) is 0 Å². The summed E-state index contributed by atoms with van der Waals surface area (Å²) in [6.45, 7) is 5.96. The molecule has 0 bridgehead atoms. The molecule has 2 heterocycles. The number of hydrogen-bond acceptors (Lipinski definition) is 4. The molecule has 0 radical (unpaired) electrons. The van der Waals surface area contributed by atoms with Crippen LogP contribution in [0.25, 0.3) is 0 Å². The molecule has 124 valence electrons. The van der Waals surface area contributed by atoms with Gasteiger partial charge in [0.05, 0.1) is 11.4 Å². The first-order valence-electron chi connectivity index (χ1n) is 7.71. The van der Waals surface area contributed by atoms with Crippen molar-refractivity contribution in [2.24, 2.45) is 0 Å². The summed E-state index contributed by atoms with van der Waals surface area (Å²) in [7, 11) is 0. The van der Waals surface area contributed by atoms with E-state index in [1.807, 2.05) is 39.0 Å². The Bertz CT molecular complexity index is 797. The van der Waals surface area contributed by atoms with Crippen molar-refractivity contribution in [1.82, 2.24) is 4.98 Å². The minimum absolute atomic E-state index is 0.00908. The quantitative estimate of drug-likeness (QED) is 0.932. The highest BCUT2D eigenvalue weighted by Crippen LogP contribution is 2.33. The maximum absolute atomic E-state index is 12.5. The molecule has 1 aromatic carbocycles. The fraction of sp³-hybridized carbons (Fsp3) is 0.278. The molecular weight excluding hydrogens is 322 g/mol. The van der Waals surface area contributed by atoms with Gasteiger partial charge in [0.2, 0.25) is 11.8 Å². The van der Waals surface area contributed by atoms with Gasteiger partial charge in [0.15, 0.2) is 0 Å². The molecule has 0 atom stereocenters. The van der Waals surface area contributed by atoms with Crippen LogP contribution in [-0.4, -0.2) is 29.1 Å². The molecule has 0 unspecified atom stereocenters. The normalized spacial score (nSPS) is 13.6. The average molecular weight is 341 g/mol. The Morgan fingerprint density at radius 2 is 2.00 bits per heavy atom. The first-order chi connectivity index (χ1) is 11.5. The minimum Gasteiger partial charge on any atom is -0.324 e. The van der Waals surface area contributed by atoms with Gasteiger partial charge in [0.25, 0.3) is 0 Å². The number of benzene rings is 1. The van der Waals surface area contributed by atoms with Crippen LogP contribution >= 0.6 is 11.8 Å². The SMILES string of the molecule is Cc1cc(C)c(NC(=O)CN2C(=O)CSc3ncccc32)c(C)c1. The first-order valence-corrected chi connectivity index (χ1v) is 8.70. The predicted octanol–water partition coefficient (Wildman–Crippen LogP) is 3.08. The summed E-state index contributed by atoms with van der Waals surface area (Å²) in [5.41, 5.74) is 4.71. The van der Waals surface area contributed by atoms with Crippen molar-refractivity contribution >= 4 is 35.0 Å². The van der Waals surface area contributed by atoms with E-state index in [0.717, 1.165) is 27.4 Å². The molecule has 24 heavy (non-hydrogen) atoms. The van der Waals surface area contributed by atoms with E-state index in [-0.39, 0.29) is 18.4 Å². The second kappa shape index (κ2) is 6.65. The lowest BCUT2D eigenvalue weighted by molar-refractivity contribution is -0.120. The lowest BCUT2D eigenvalue weighted by Gasteiger charge is -2.27. The van der Waals surface area contributed by atoms with Crippen molar-refractivity contribution in [3.63, 3.8) is 0 Å². The van der Waals surface area contributed by atoms with E-state index in [0.29, 0.717) is 11.4 Å². The zero-order chi connectivity index (χ0) is 17.3. The smallest absolute Gasteiger partial charge is 0.244 e. The van der Waals surface area contributed by atoms with E-state index < -0.39 is 0 Å². The number of anilines is 2.